The van der Waals surface area contributed by atoms with Crippen molar-refractivity contribution in [3.8, 4) is 0 Å². The van der Waals surface area contributed by atoms with Crippen LogP contribution in [0, 0.1) is 0 Å². The number of benzene rings is 1. The summed E-state index contributed by atoms with van der Waals surface area (Å²) in [5.41, 5.74) is 2.22. The zero-order chi connectivity index (χ0) is 16.2. The van der Waals surface area contributed by atoms with E-state index in [2.05, 4.69) is 37.8 Å². The predicted molar refractivity (Wildman–Crippen MR) is 95.9 cm³/mol. The lowest BCUT2D eigenvalue weighted by molar-refractivity contribution is 0.521. The maximum atomic E-state index is 12.5. The maximum absolute atomic E-state index is 12.5. The minimum absolute atomic E-state index is 0.0486. The van der Waals surface area contributed by atoms with Crippen LogP contribution in [0.3, 0.4) is 0 Å². The van der Waals surface area contributed by atoms with Gasteiger partial charge in [-0.3, -0.25) is 4.98 Å². The quantitative estimate of drug-likeness (QED) is 0.791. The van der Waals surface area contributed by atoms with Crippen molar-refractivity contribution in [3.63, 3.8) is 0 Å². The molecule has 0 amide bonds. The van der Waals surface area contributed by atoms with Gasteiger partial charge in [0, 0.05) is 28.2 Å². The molecule has 1 heterocycles. The maximum Gasteiger partial charge on any atom is 0.136 e. The Bertz CT molecular complexity index is 601. The van der Waals surface area contributed by atoms with E-state index >= 15 is 0 Å². The molecule has 3 nitrogen and oxygen atoms in total. The van der Waals surface area contributed by atoms with Gasteiger partial charge in [0.15, 0.2) is 0 Å². The first-order valence-electron chi connectivity index (χ1n) is 7.18. The van der Waals surface area contributed by atoms with Crippen LogP contribution >= 0.6 is 15.9 Å². The second-order valence-corrected chi connectivity index (χ2v) is 9.09. The number of hydrogen-bond donors (Lipinski definition) is 1. The first kappa shape index (κ1) is 17.5. The third kappa shape index (κ3) is 5.09. The van der Waals surface area contributed by atoms with Gasteiger partial charge >= 0.3 is 0 Å². The predicted octanol–water partition coefficient (Wildman–Crippen LogP) is 4.18. The Morgan fingerprint density at radius 2 is 1.91 bits per heavy atom. The van der Waals surface area contributed by atoms with Crippen LogP contribution in [0.15, 0.2) is 53.3 Å². The highest BCUT2D eigenvalue weighted by Crippen LogP contribution is 2.24. The Morgan fingerprint density at radius 3 is 2.50 bits per heavy atom. The Hall–Kier alpha value is -0.880. The molecule has 0 spiro atoms. The fourth-order valence-corrected chi connectivity index (χ4v) is 3.22. The topological polar surface area (TPSA) is 48.0 Å². The molecule has 1 N–H and O–H groups in total. The number of rotatable bonds is 5. The van der Waals surface area contributed by atoms with Gasteiger partial charge in [0.25, 0.3) is 0 Å². The second-order valence-electron chi connectivity index (χ2n) is 6.18. The van der Waals surface area contributed by atoms with Crippen LogP contribution in [0.5, 0.6) is 0 Å². The van der Waals surface area contributed by atoms with Gasteiger partial charge in [-0.2, -0.15) is 0 Å². The number of nitrogens with zero attached hydrogens (tertiary/aromatic N) is 1. The van der Waals surface area contributed by atoms with Gasteiger partial charge in [-0.05, 0) is 60.3 Å². The van der Waals surface area contributed by atoms with E-state index < -0.39 is 11.4 Å². The summed E-state index contributed by atoms with van der Waals surface area (Å²) in [7, 11) is 0. The van der Waals surface area contributed by atoms with Crippen LogP contribution in [0.2, 0.25) is 0 Å². The third-order valence-electron chi connectivity index (χ3n) is 3.22. The molecule has 0 fully saturated rings. The fraction of sp³-hybridized carbons (Fsp3) is 0.353. The zero-order valence-electron chi connectivity index (χ0n) is 13.0. The number of hydrogen-bond acceptors (Lipinski definition) is 3. The summed E-state index contributed by atoms with van der Waals surface area (Å²) in [5.74, 6) is 0. The molecule has 2 rings (SSSR count). The van der Waals surface area contributed by atoms with E-state index in [4.69, 9.17) is 0 Å². The van der Waals surface area contributed by atoms with Crippen molar-refractivity contribution in [1.82, 2.24) is 9.71 Å². The normalized spacial score (nSPS) is 14.6. The number of aromatic nitrogens is 1. The van der Waals surface area contributed by atoms with Crippen molar-refractivity contribution >= 4 is 27.3 Å². The van der Waals surface area contributed by atoms with Crippen molar-refractivity contribution in [3.05, 3.63) is 64.4 Å². The van der Waals surface area contributed by atoms with Crippen LogP contribution in [0.4, 0.5) is 0 Å². The molecule has 1 aromatic heterocycles. The van der Waals surface area contributed by atoms with E-state index in [1.807, 2.05) is 51.2 Å². The summed E-state index contributed by atoms with van der Waals surface area (Å²) in [6.07, 6.45) is 4.34. The summed E-state index contributed by atoms with van der Waals surface area (Å²) in [5, 5.41) is 0. The number of halogens is 1. The first-order valence-corrected chi connectivity index (χ1v) is 9.13. The summed E-state index contributed by atoms with van der Waals surface area (Å²) < 4.78 is 16.4. The molecule has 0 aliphatic rings. The standard InChI is InChI=1S/C17H21BrN2OS/c1-17(2,3)22(21)20-16(9-13-7-5-4-6-8-13)14-10-15(18)12-19-11-14/h4-8,10-12,16,20H,9H2,1-3H3. The van der Waals surface area contributed by atoms with Gasteiger partial charge in [0.05, 0.1) is 6.04 Å². The average molecular weight is 381 g/mol. The molecule has 2 unspecified atom stereocenters. The van der Waals surface area contributed by atoms with E-state index in [0.717, 1.165) is 16.5 Å². The Kier molecular flexibility index (Phi) is 6.03. The molecular formula is C17H21BrN2OS. The minimum atomic E-state index is -1.14. The van der Waals surface area contributed by atoms with E-state index in [-0.39, 0.29) is 10.8 Å². The smallest absolute Gasteiger partial charge is 0.136 e. The molecule has 22 heavy (non-hydrogen) atoms. The lowest BCUT2D eigenvalue weighted by atomic mass is 10.0. The summed E-state index contributed by atoms with van der Waals surface area (Å²) in [6.45, 7) is 5.90. The highest BCUT2D eigenvalue weighted by atomic mass is 79.9. The second kappa shape index (κ2) is 7.59. The van der Waals surface area contributed by atoms with Crippen LogP contribution < -0.4 is 4.72 Å². The summed E-state index contributed by atoms with van der Waals surface area (Å²) >= 11 is 2.31. The number of nitrogens with one attached hydrogen (secondary N) is 1. The van der Waals surface area contributed by atoms with Gasteiger partial charge in [0.2, 0.25) is 0 Å². The molecule has 0 aliphatic heterocycles. The average Bonchev–Trinajstić information content (AvgIpc) is 2.46. The fourth-order valence-electron chi connectivity index (χ4n) is 2.00. The summed E-state index contributed by atoms with van der Waals surface area (Å²) in [4.78, 5) is 4.23. The van der Waals surface area contributed by atoms with Crippen molar-refractivity contribution in [2.24, 2.45) is 0 Å². The first-order chi connectivity index (χ1) is 10.4. The lowest BCUT2D eigenvalue weighted by Crippen LogP contribution is -2.41. The molecule has 0 saturated carbocycles. The van der Waals surface area contributed by atoms with Crippen molar-refractivity contribution in [2.45, 2.75) is 38.0 Å². The molecule has 2 atom stereocenters. The molecule has 1 aromatic carbocycles. The van der Waals surface area contributed by atoms with Gasteiger partial charge < -0.3 is 4.55 Å². The van der Waals surface area contributed by atoms with E-state index in [9.17, 15) is 4.55 Å². The molecule has 118 valence electrons. The van der Waals surface area contributed by atoms with Crippen LogP contribution in [0.1, 0.15) is 37.9 Å². The van der Waals surface area contributed by atoms with Crippen LogP contribution in [-0.4, -0.2) is 14.3 Å². The monoisotopic (exact) mass is 380 g/mol. The van der Waals surface area contributed by atoms with Crippen LogP contribution in [-0.2, 0) is 17.8 Å². The molecule has 0 aliphatic carbocycles. The summed E-state index contributed by atoms with van der Waals surface area (Å²) in [6, 6.07) is 12.2. The van der Waals surface area contributed by atoms with E-state index in [0.29, 0.717) is 0 Å². The van der Waals surface area contributed by atoms with Crippen LogP contribution in [0.25, 0.3) is 0 Å². The molecule has 5 heteroatoms. The molecular weight excluding hydrogens is 360 g/mol. The van der Waals surface area contributed by atoms with Gasteiger partial charge in [0.1, 0.15) is 4.75 Å². The van der Waals surface area contributed by atoms with E-state index in [1.54, 1.807) is 6.20 Å². The SMILES string of the molecule is CC(C)(C)[S+]([O-])NC(Cc1ccccc1)c1cncc(Br)c1. The van der Waals surface area contributed by atoms with Gasteiger partial charge in [-0.15, -0.1) is 4.72 Å². The third-order valence-corrected chi connectivity index (χ3v) is 5.26. The molecule has 0 bridgehead atoms. The largest absolute Gasteiger partial charge is 0.598 e. The molecule has 0 saturated heterocycles. The lowest BCUT2D eigenvalue weighted by Gasteiger charge is -2.28. The molecule has 2 aromatic rings. The zero-order valence-corrected chi connectivity index (χ0v) is 15.4. The Morgan fingerprint density at radius 1 is 1.23 bits per heavy atom. The number of pyridine rings is 1. The minimum Gasteiger partial charge on any atom is -0.598 e. The van der Waals surface area contributed by atoms with Gasteiger partial charge in [-0.25, -0.2) is 0 Å². The Balaban J connectivity index is 2.24. The molecule has 0 radical (unpaired) electrons. The van der Waals surface area contributed by atoms with E-state index in [1.165, 1.54) is 5.56 Å². The van der Waals surface area contributed by atoms with Crippen molar-refractivity contribution < 1.29 is 4.55 Å². The highest BCUT2D eigenvalue weighted by Gasteiger charge is 2.30. The van der Waals surface area contributed by atoms with Crippen molar-refractivity contribution in [1.29, 1.82) is 0 Å². The van der Waals surface area contributed by atoms with Crippen molar-refractivity contribution in [2.75, 3.05) is 0 Å². The van der Waals surface area contributed by atoms with Gasteiger partial charge in [-0.1, -0.05) is 30.3 Å². The highest BCUT2D eigenvalue weighted by molar-refractivity contribution is 9.10. The Labute approximate surface area is 144 Å².